The van der Waals surface area contributed by atoms with Gasteiger partial charge in [-0.05, 0) is 64.9 Å². The summed E-state index contributed by atoms with van der Waals surface area (Å²) in [4.78, 5) is 19.2. The number of nitrogens with one attached hydrogen (secondary N) is 1. The van der Waals surface area contributed by atoms with Crippen molar-refractivity contribution in [3.8, 4) is 5.75 Å². The smallest absolute Gasteiger partial charge is 0.195 e. The Morgan fingerprint density at radius 1 is 1.17 bits per heavy atom. The summed E-state index contributed by atoms with van der Waals surface area (Å²) >= 11 is 3.49. The first-order chi connectivity index (χ1) is 14.3. The number of anilines is 1. The molecule has 0 bridgehead atoms. The first-order valence-electron chi connectivity index (χ1n) is 10.4. The van der Waals surface area contributed by atoms with Crippen molar-refractivity contribution in [1.29, 1.82) is 0 Å². The van der Waals surface area contributed by atoms with E-state index in [-0.39, 0.29) is 11.2 Å². The molecule has 0 spiro atoms. The fraction of sp³-hybridized carbons (Fsp3) is 0.375. The second kappa shape index (κ2) is 7.75. The van der Waals surface area contributed by atoms with Gasteiger partial charge in [-0.2, -0.15) is 0 Å². The number of H-pyrrole nitrogens is 1. The van der Waals surface area contributed by atoms with Crippen LogP contribution in [-0.4, -0.2) is 41.9 Å². The molecule has 1 heterocycles. The van der Waals surface area contributed by atoms with E-state index in [2.05, 4.69) is 53.5 Å². The number of rotatable bonds is 6. The van der Waals surface area contributed by atoms with Crippen molar-refractivity contribution in [2.24, 2.45) is 0 Å². The number of nitrogens with two attached hydrogens (primary N) is 1. The van der Waals surface area contributed by atoms with Crippen LogP contribution in [0.25, 0.3) is 10.9 Å². The summed E-state index contributed by atoms with van der Waals surface area (Å²) in [7, 11) is 0. The maximum absolute atomic E-state index is 13.4. The second-order valence-electron chi connectivity index (χ2n) is 8.33. The zero-order valence-corrected chi connectivity index (χ0v) is 19.5. The molecule has 0 saturated carbocycles. The largest absolute Gasteiger partial charge is 0.492 e. The lowest BCUT2D eigenvalue weighted by Gasteiger charge is -2.32. The molecule has 4 rings (SSSR count). The average Bonchev–Trinajstić information content (AvgIpc) is 3.09. The van der Waals surface area contributed by atoms with Crippen LogP contribution >= 0.6 is 15.9 Å². The number of halogens is 1. The van der Waals surface area contributed by atoms with Gasteiger partial charge in [0.2, 0.25) is 0 Å². The molecule has 2 aromatic carbocycles. The molecule has 158 valence electrons. The molecule has 1 aliphatic rings. The standard InChI is InChI=1S/C24H28BrN3O2/c1-5-28(6-2)9-10-30-14-7-8-15-17(11-14)24(3,4)23-21(22(15)29)16-12-18(25)19(26)13-20(16)27-23/h7-8,11-13,27H,5-6,9-10,26H2,1-4H3. The highest BCUT2D eigenvalue weighted by Crippen LogP contribution is 2.45. The molecule has 0 saturated heterocycles. The number of ketones is 1. The number of carbonyl (C=O) groups excluding carboxylic acids is 1. The van der Waals surface area contributed by atoms with Crippen LogP contribution in [0.2, 0.25) is 0 Å². The van der Waals surface area contributed by atoms with Crippen LogP contribution in [0.15, 0.2) is 34.8 Å². The number of ether oxygens (including phenoxy) is 1. The molecular weight excluding hydrogens is 442 g/mol. The normalized spacial score (nSPS) is 14.8. The van der Waals surface area contributed by atoms with Crippen LogP contribution in [0.1, 0.15) is 54.9 Å². The van der Waals surface area contributed by atoms with E-state index < -0.39 is 0 Å². The number of likely N-dealkylation sites (N-methyl/N-ethyl adjacent to an activating group) is 1. The summed E-state index contributed by atoms with van der Waals surface area (Å²) in [5, 5.41) is 0.898. The summed E-state index contributed by atoms with van der Waals surface area (Å²) in [5.41, 5.74) is 10.6. The van der Waals surface area contributed by atoms with Gasteiger partial charge in [0.25, 0.3) is 0 Å². The monoisotopic (exact) mass is 469 g/mol. The van der Waals surface area contributed by atoms with Gasteiger partial charge in [0.05, 0.1) is 5.56 Å². The molecule has 6 heteroatoms. The first kappa shape index (κ1) is 20.9. The quantitative estimate of drug-likeness (QED) is 0.492. The lowest BCUT2D eigenvalue weighted by Crippen LogP contribution is -2.30. The molecule has 0 fully saturated rings. The predicted molar refractivity (Wildman–Crippen MR) is 126 cm³/mol. The second-order valence-corrected chi connectivity index (χ2v) is 9.19. The minimum atomic E-state index is -0.364. The maximum atomic E-state index is 13.4. The number of nitrogen functional groups attached to an aromatic ring is 1. The molecule has 1 aromatic heterocycles. The van der Waals surface area contributed by atoms with Crippen LogP contribution in [0, 0.1) is 0 Å². The third-order valence-electron chi connectivity index (χ3n) is 6.25. The summed E-state index contributed by atoms with van der Waals surface area (Å²) in [6.45, 7) is 12.1. The Bertz CT molecular complexity index is 1130. The fourth-order valence-corrected chi connectivity index (χ4v) is 4.71. The summed E-state index contributed by atoms with van der Waals surface area (Å²) in [5.74, 6) is 0.838. The number of carbonyl (C=O) groups is 1. The van der Waals surface area contributed by atoms with Crippen molar-refractivity contribution in [2.45, 2.75) is 33.1 Å². The van der Waals surface area contributed by atoms with E-state index in [9.17, 15) is 4.79 Å². The van der Waals surface area contributed by atoms with E-state index >= 15 is 0 Å². The minimum Gasteiger partial charge on any atom is -0.492 e. The average molecular weight is 470 g/mol. The van der Waals surface area contributed by atoms with Crippen molar-refractivity contribution in [2.75, 3.05) is 32.0 Å². The lowest BCUT2D eigenvalue weighted by atomic mass is 9.71. The Hall–Kier alpha value is -2.31. The molecule has 1 aliphatic carbocycles. The van der Waals surface area contributed by atoms with Gasteiger partial charge in [0.1, 0.15) is 12.4 Å². The van der Waals surface area contributed by atoms with Gasteiger partial charge in [0, 0.05) is 44.3 Å². The van der Waals surface area contributed by atoms with E-state index in [0.29, 0.717) is 12.3 Å². The van der Waals surface area contributed by atoms with Gasteiger partial charge in [-0.25, -0.2) is 0 Å². The van der Waals surface area contributed by atoms with Crippen molar-refractivity contribution in [1.82, 2.24) is 9.88 Å². The zero-order valence-electron chi connectivity index (χ0n) is 17.9. The summed E-state index contributed by atoms with van der Waals surface area (Å²) in [6, 6.07) is 9.65. The molecule has 3 N–H and O–H groups in total. The lowest BCUT2D eigenvalue weighted by molar-refractivity contribution is 0.103. The number of hydrogen-bond donors (Lipinski definition) is 2. The Balaban J connectivity index is 1.72. The topological polar surface area (TPSA) is 71.3 Å². The number of fused-ring (bicyclic) bond motifs is 4. The molecular formula is C24H28BrN3O2. The van der Waals surface area contributed by atoms with E-state index in [4.69, 9.17) is 10.5 Å². The van der Waals surface area contributed by atoms with E-state index in [1.54, 1.807) is 0 Å². The van der Waals surface area contributed by atoms with E-state index in [0.717, 1.165) is 63.1 Å². The van der Waals surface area contributed by atoms with Crippen LogP contribution in [0.5, 0.6) is 5.75 Å². The molecule has 0 amide bonds. The Labute approximate surface area is 185 Å². The van der Waals surface area contributed by atoms with Crippen LogP contribution < -0.4 is 10.5 Å². The van der Waals surface area contributed by atoms with Gasteiger partial charge >= 0.3 is 0 Å². The summed E-state index contributed by atoms with van der Waals surface area (Å²) < 4.78 is 6.82. The third-order valence-corrected chi connectivity index (χ3v) is 6.93. The molecule has 0 unspecified atom stereocenters. The highest BCUT2D eigenvalue weighted by atomic mass is 79.9. The van der Waals surface area contributed by atoms with Crippen molar-refractivity contribution < 1.29 is 9.53 Å². The van der Waals surface area contributed by atoms with Gasteiger partial charge in [-0.3, -0.25) is 4.79 Å². The number of aromatic amines is 1. The van der Waals surface area contributed by atoms with Crippen LogP contribution in [0.3, 0.4) is 0 Å². The Kier molecular flexibility index (Phi) is 5.41. The van der Waals surface area contributed by atoms with Crippen molar-refractivity contribution >= 4 is 38.3 Å². The molecule has 0 aliphatic heterocycles. The molecule has 0 atom stereocenters. The van der Waals surface area contributed by atoms with Gasteiger partial charge in [0.15, 0.2) is 5.78 Å². The number of aromatic nitrogens is 1. The van der Waals surface area contributed by atoms with E-state index in [1.807, 2.05) is 30.3 Å². The Morgan fingerprint density at radius 3 is 2.60 bits per heavy atom. The minimum absolute atomic E-state index is 0.0388. The molecule has 0 radical (unpaired) electrons. The first-order valence-corrected chi connectivity index (χ1v) is 11.2. The number of benzene rings is 2. The molecule has 5 nitrogen and oxygen atoms in total. The summed E-state index contributed by atoms with van der Waals surface area (Å²) in [6.07, 6.45) is 0. The number of hydrogen-bond acceptors (Lipinski definition) is 4. The highest BCUT2D eigenvalue weighted by Gasteiger charge is 2.40. The number of nitrogens with zero attached hydrogens (tertiary/aromatic N) is 1. The predicted octanol–water partition coefficient (Wildman–Crippen LogP) is 5.10. The van der Waals surface area contributed by atoms with Crippen LogP contribution in [0.4, 0.5) is 5.69 Å². The SMILES string of the molecule is CCN(CC)CCOc1ccc2c(c1)C(C)(C)c1[nH]c3cc(N)c(Br)cc3c1C2=O. The van der Waals surface area contributed by atoms with Gasteiger partial charge < -0.3 is 20.4 Å². The Morgan fingerprint density at radius 2 is 1.90 bits per heavy atom. The third kappa shape index (κ3) is 3.32. The highest BCUT2D eigenvalue weighted by molar-refractivity contribution is 9.10. The van der Waals surface area contributed by atoms with Gasteiger partial charge in [-0.15, -0.1) is 0 Å². The fourth-order valence-electron chi connectivity index (χ4n) is 4.37. The molecule has 3 aromatic rings. The van der Waals surface area contributed by atoms with Crippen LogP contribution in [-0.2, 0) is 5.41 Å². The van der Waals surface area contributed by atoms with Crippen molar-refractivity contribution in [3.63, 3.8) is 0 Å². The van der Waals surface area contributed by atoms with Crippen molar-refractivity contribution in [3.05, 3.63) is 57.2 Å². The molecule has 30 heavy (non-hydrogen) atoms. The zero-order chi connectivity index (χ0) is 21.6. The van der Waals surface area contributed by atoms with E-state index in [1.165, 1.54) is 0 Å². The maximum Gasteiger partial charge on any atom is 0.195 e. The van der Waals surface area contributed by atoms with Gasteiger partial charge in [-0.1, -0.05) is 27.7 Å².